The lowest BCUT2D eigenvalue weighted by Gasteiger charge is -2.21. The summed E-state index contributed by atoms with van der Waals surface area (Å²) in [5, 5.41) is 5.24. The first-order chi connectivity index (χ1) is 11.5. The van der Waals surface area contributed by atoms with Crippen molar-refractivity contribution < 1.29 is 9.53 Å². The van der Waals surface area contributed by atoms with Gasteiger partial charge in [0.1, 0.15) is 5.75 Å². The molecule has 0 spiro atoms. The fourth-order valence-corrected chi connectivity index (χ4v) is 3.21. The predicted octanol–water partition coefficient (Wildman–Crippen LogP) is 4.03. The number of aromatic nitrogens is 1. The Morgan fingerprint density at radius 1 is 1.25 bits per heavy atom. The third-order valence-electron chi connectivity index (χ3n) is 3.82. The van der Waals surface area contributed by atoms with Gasteiger partial charge in [-0.3, -0.25) is 4.79 Å². The highest BCUT2D eigenvalue weighted by Gasteiger charge is 2.20. The number of nitrogens with zero attached hydrogens (tertiary/aromatic N) is 2. The van der Waals surface area contributed by atoms with Crippen LogP contribution in [0.25, 0.3) is 10.8 Å². The van der Waals surface area contributed by atoms with Crippen LogP contribution in [0.1, 0.15) is 17.6 Å². The van der Waals surface area contributed by atoms with Crippen LogP contribution >= 0.6 is 11.3 Å². The van der Waals surface area contributed by atoms with Gasteiger partial charge in [-0.15, -0.1) is 11.3 Å². The van der Waals surface area contributed by atoms with Gasteiger partial charge in [0.2, 0.25) is 0 Å². The third-order valence-corrected chi connectivity index (χ3v) is 4.65. The number of ether oxygens (including phenoxy) is 1. The highest BCUT2D eigenvalue weighted by atomic mass is 32.1. The average Bonchev–Trinajstić information content (AvgIpc) is 2.98. The maximum Gasteiger partial charge on any atom is 0.263 e. The number of fused-ring (bicyclic) bond motifs is 1. The second-order valence-electron chi connectivity index (χ2n) is 5.82. The lowest BCUT2D eigenvalue weighted by atomic mass is 10.1. The lowest BCUT2D eigenvalue weighted by Crippen LogP contribution is -2.37. The highest BCUT2D eigenvalue weighted by molar-refractivity contribution is 7.09. The Hall–Kier alpha value is -2.40. The van der Waals surface area contributed by atoms with Crippen molar-refractivity contribution in [1.82, 2.24) is 9.88 Å². The molecule has 4 nitrogen and oxygen atoms in total. The number of carbonyl (C=O) groups is 1. The standard InChI is InChI=1S/C19H20N2O2S/c1-13(19(22)21(3)11-17-12-24-14(2)20-17)23-18-9-8-15-6-4-5-7-16(15)10-18/h4-10,12-13H,11H2,1-3H3/t13-/m0/s1. The molecule has 24 heavy (non-hydrogen) atoms. The van der Waals surface area contributed by atoms with E-state index in [2.05, 4.69) is 11.1 Å². The molecule has 124 valence electrons. The molecule has 0 aliphatic rings. The first kappa shape index (κ1) is 16.5. The Morgan fingerprint density at radius 2 is 2.00 bits per heavy atom. The van der Waals surface area contributed by atoms with Crippen LogP contribution in [0.3, 0.4) is 0 Å². The molecular formula is C19H20N2O2S. The summed E-state index contributed by atoms with van der Waals surface area (Å²) in [5.74, 6) is 0.640. The third kappa shape index (κ3) is 3.74. The predicted molar refractivity (Wildman–Crippen MR) is 97.4 cm³/mol. The van der Waals surface area contributed by atoms with Crippen molar-refractivity contribution in [2.45, 2.75) is 26.5 Å². The van der Waals surface area contributed by atoms with Crippen LogP contribution < -0.4 is 4.74 Å². The van der Waals surface area contributed by atoms with Crippen LogP contribution in [0.5, 0.6) is 5.75 Å². The number of rotatable bonds is 5. The van der Waals surface area contributed by atoms with Crippen molar-refractivity contribution in [2.75, 3.05) is 7.05 Å². The van der Waals surface area contributed by atoms with Crippen LogP contribution in [0.2, 0.25) is 0 Å². The zero-order valence-electron chi connectivity index (χ0n) is 14.0. The molecule has 0 radical (unpaired) electrons. The Bertz CT molecular complexity index is 859. The molecule has 0 fully saturated rings. The van der Waals surface area contributed by atoms with E-state index in [9.17, 15) is 4.79 Å². The van der Waals surface area contributed by atoms with Crippen molar-refractivity contribution in [3.63, 3.8) is 0 Å². The lowest BCUT2D eigenvalue weighted by molar-refractivity contribution is -0.137. The topological polar surface area (TPSA) is 42.4 Å². The number of carbonyl (C=O) groups excluding carboxylic acids is 1. The van der Waals surface area contributed by atoms with Crippen LogP contribution in [0, 0.1) is 6.92 Å². The second-order valence-corrected chi connectivity index (χ2v) is 6.88. The van der Waals surface area contributed by atoms with E-state index in [1.54, 1.807) is 30.2 Å². The first-order valence-corrected chi connectivity index (χ1v) is 8.72. The van der Waals surface area contributed by atoms with Crippen molar-refractivity contribution in [2.24, 2.45) is 0 Å². The van der Waals surface area contributed by atoms with Gasteiger partial charge in [0.25, 0.3) is 5.91 Å². The minimum Gasteiger partial charge on any atom is -0.481 e. The van der Waals surface area contributed by atoms with Gasteiger partial charge in [-0.05, 0) is 36.8 Å². The molecule has 1 aromatic heterocycles. The number of thiazole rings is 1. The molecule has 0 aliphatic heterocycles. The quantitative estimate of drug-likeness (QED) is 0.704. The summed E-state index contributed by atoms with van der Waals surface area (Å²) in [6.07, 6.45) is -0.545. The van der Waals surface area contributed by atoms with E-state index in [1.165, 1.54) is 0 Å². The zero-order valence-corrected chi connectivity index (χ0v) is 14.8. The maximum absolute atomic E-state index is 12.5. The molecule has 1 heterocycles. The van der Waals surface area contributed by atoms with E-state index in [-0.39, 0.29) is 5.91 Å². The molecule has 0 aliphatic carbocycles. The van der Waals surface area contributed by atoms with Crippen molar-refractivity contribution in [3.05, 3.63) is 58.5 Å². The Labute approximate surface area is 145 Å². The van der Waals surface area contributed by atoms with Gasteiger partial charge in [-0.1, -0.05) is 30.3 Å². The fourth-order valence-electron chi connectivity index (χ4n) is 2.61. The van der Waals surface area contributed by atoms with Gasteiger partial charge in [-0.25, -0.2) is 4.98 Å². The van der Waals surface area contributed by atoms with Gasteiger partial charge in [0.15, 0.2) is 6.10 Å². The summed E-state index contributed by atoms with van der Waals surface area (Å²) < 4.78 is 5.84. The highest BCUT2D eigenvalue weighted by Crippen LogP contribution is 2.22. The van der Waals surface area contributed by atoms with Gasteiger partial charge >= 0.3 is 0 Å². The average molecular weight is 340 g/mol. The van der Waals surface area contributed by atoms with E-state index in [0.717, 1.165) is 21.5 Å². The van der Waals surface area contributed by atoms with Crippen LogP contribution in [0.15, 0.2) is 47.8 Å². The number of hydrogen-bond donors (Lipinski definition) is 0. The summed E-state index contributed by atoms with van der Waals surface area (Å²) in [6.45, 7) is 4.23. The Morgan fingerprint density at radius 3 is 2.71 bits per heavy atom. The van der Waals surface area contributed by atoms with Gasteiger partial charge in [-0.2, -0.15) is 0 Å². The molecule has 0 saturated carbocycles. The molecule has 0 bridgehead atoms. The van der Waals surface area contributed by atoms with Crippen LogP contribution in [0.4, 0.5) is 0 Å². The number of likely N-dealkylation sites (N-methyl/N-ethyl adjacent to an activating group) is 1. The molecule has 3 rings (SSSR count). The largest absolute Gasteiger partial charge is 0.481 e. The summed E-state index contributed by atoms with van der Waals surface area (Å²) in [4.78, 5) is 18.5. The van der Waals surface area contributed by atoms with Gasteiger partial charge in [0, 0.05) is 12.4 Å². The van der Waals surface area contributed by atoms with E-state index in [4.69, 9.17) is 4.74 Å². The fraction of sp³-hybridized carbons (Fsp3) is 0.263. The summed E-state index contributed by atoms with van der Waals surface area (Å²) >= 11 is 1.59. The molecule has 0 saturated heterocycles. The van der Waals surface area contributed by atoms with Gasteiger partial charge in [0.05, 0.1) is 17.2 Å². The van der Waals surface area contributed by atoms with Crippen LogP contribution in [-0.2, 0) is 11.3 Å². The first-order valence-electron chi connectivity index (χ1n) is 7.84. The zero-order chi connectivity index (χ0) is 17.1. The van der Waals surface area contributed by atoms with E-state index < -0.39 is 6.10 Å². The van der Waals surface area contributed by atoms with E-state index in [1.807, 2.05) is 48.7 Å². The molecule has 5 heteroatoms. The Balaban J connectivity index is 1.66. The smallest absolute Gasteiger partial charge is 0.263 e. The normalized spacial score (nSPS) is 12.1. The Kier molecular flexibility index (Phi) is 4.81. The second kappa shape index (κ2) is 7.01. The summed E-state index contributed by atoms with van der Waals surface area (Å²) in [5.41, 5.74) is 0.909. The van der Waals surface area contributed by atoms with Gasteiger partial charge < -0.3 is 9.64 Å². The van der Waals surface area contributed by atoms with Crippen molar-refractivity contribution >= 4 is 28.0 Å². The molecule has 0 N–H and O–H groups in total. The van der Waals surface area contributed by atoms with Crippen molar-refractivity contribution in [1.29, 1.82) is 0 Å². The minimum absolute atomic E-state index is 0.0613. The monoisotopic (exact) mass is 340 g/mol. The van der Waals surface area contributed by atoms with Crippen molar-refractivity contribution in [3.8, 4) is 5.75 Å². The molecule has 0 unspecified atom stereocenters. The molecule has 2 aromatic carbocycles. The molecule has 3 aromatic rings. The van der Waals surface area contributed by atoms with E-state index in [0.29, 0.717) is 12.3 Å². The molecular weight excluding hydrogens is 320 g/mol. The van der Waals surface area contributed by atoms with E-state index >= 15 is 0 Å². The summed E-state index contributed by atoms with van der Waals surface area (Å²) in [7, 11) is 1.78. The molecule has 1 atom stereocenters. The molecule has 1 amide bonds. The van der Waals surface area contributed by atoms with Crippen LogP contribution in [-0.4, -0.2) is 28.9 Å². The minimum atomic E-state index is -0.545. The number of amides is 1. The number of benzene rings is 2. The maximum atomic E-state index is 12.5. The number of aryl methyl sites for hydroxylation is 1. The summed E-state index contributed by atoms with van der Waals surface area (Å²) in [6, 6.07) is 13.9. The number of hydrogen-bond acceptors (Lipinski definition) is 4. The SMILES string of the molecule is Cc1nc(CN(C)C(=O)[C@H](C)Oc2ccc3ccccc3c2)cs1.